The van der Waals surface area contributed by atoms with Crippen molar-refractivity contribution in [2.24, 2.45) is 5.92 Å². The highest BCUT2D eigenvalue weighted by atomic mass is 35.5. The minimum absolute atomic E-state index is 0.0292. The Bertz CT molecular complexity index is 572. The van der Waals surface area contributed by atoms with Crippen LogP contribution < -0.4 is 5.32 Å². The van der Waals surface area contributed by atoms with Crippen LogP contribution in [-0.2, 0) is 9.84 Å². The molecule has 3 nitrogen and oxygen atoms in total. The lowest BCUT2D eigenvalue weighted by Gasteiger charge is -2.32. The van der Waals surface area contributed by atoms with E-state index in [1.165, 1.54) is 0 Å². The molecule has 0 bridgehead atoms. The molecule has 1 aliphatic heterocycles. The summed E-state index contributed by atoms with van der Waals surface area (Å²) in [6.45, 7) is 4.64. The van der Waals surface area contributed by atoms with E-state index in [1.54, 1.807) is 12.1 Å². The van der Waals surface area contributed by atoms with Crippen LogP contribution in [0, 0.1) is 5.92 Å². The molecule has 2 unspecified atom stereocenters. The molecule has 1 aromatic carbocycles. The number of rotatable bonds is 2. The van der Waals surface area contributed by atoms with Gasteiger partial charge in [0.25, 0.3) is 0 Å². The van der Waals surface area contributed by atoms with Gasteiger partial charge in [0.05, 0.1) is 15.7 Å². The van der Waals surface area contributed by atoms with Gasteiger partial charge in [0.2, 0.25) is 0 Å². The van der Waals surface area contributed by atoms with Crippen molar-refractivity contribution >= 4 is 33.0 Å². The van der Waals surface area contributed by atoms with Crippen LogP contribution in [0.3, 0.4) is 0 Å². The van der Waals surface area contributed by atoms with Crippen LogP contribution in [0.15, 0.2) is 17.0 Å². The number of sulfone groups is 1. The molecule has 0 spiro atoms. The van der Waals surface area contributed by atoms with Gasteiger partial charge in [0, 0.05) is 16.6 Å². The molecule has 0 saturated carbocycles. The lowest BCUT2D eigenvalue weighted by molar-refractivity contribution is 0.403. The quantitative estimate of drug-likeness (QED) is 0.913. The normalized spacial score (nSPS) is 25.8. The summed E-state index contributed by atoms with van der Waals surface area (Å²) in [4.78, 5) is 0.195. The van der Waals surface area contributed by atoms with E-state index in [-0.39, 0.29) is 27.6 Å². The smallest absolute Gasteiger partial charge is 0.180 e. The first-order chi connectivity index (χ1) is 8.38. The van der Waals surface area contributed by atoms with Crippen LogP contribution >= 0.6 is 23.2 Å². The Morgan fingerprint density at radius 1 is 1.33 bits per heavy atom. The van der Waals surface area contributed by atoms with Crippen molar-refractivity contribution < 1.29 is 8.42 Å². The molecule has 18 heavy (non-hydrogen) atoms. The summed E-state index contributed by atoms with van der Waals surface area (Å²) in [5.41, 5.74) is 0.616. The standard InChI is InChI=1S/C12H15Cl2NO2S/c1-3-15-11-7(2)6-18(16,17)12-9(14)5-4-8(13)10(11)12/h4-5,7,11,15H,3,6H2,1-2H3. The molecule has 1 aliphatic rings. The molecule has 0 fully saturated rings. The monoisotopic (exact) mass is 307 g/mol. The van der Waals surface area contributed by atoms with E-state index in [9.17, 15) is 8.42 Å². The van der Waals surface area contributed by atoms with Gasteiger partial charge in [-0.3, -0.25) is 0 Å². The molecule has 0 aromatic heterocycles. The highest BCUT2D eigenvalue weighted by molar-refractivity contribution is 7.91. The predicted molar refractivity (Wildman–Crippen MR) is 74.1 cm³/mol. The molecule has 2 rings (SSSR count). The van der Waals surface area contributed by atoms with E-state index in [0.717, 1.165) is 6.54 Å². The van der Waals surface area contributed by atoms with Crippen molar-refractivity contribution in [2.45, 2.75) is 24.8 Å². The fourth-order valence-electron chi connectivity index (χ4n) is 2.49. The summed E-state index contributed by atoms with van der Waals surface area (Å²) in [5.74, 6) is 0.0657. The van der Waals surface area contributed by atoms with Gasteiger partial charge in [-0.2, -0.15) is 0 Å². The van der Waals surface area contributed by atoms with Crippen molar-refractivity contribution in [3.05, 3.63) is 27.7 Å². The van der Waals surface area contributed by atoms with Gasteiger partial charge in [0.15, 0.2) is 9.84 Å². The van der Waals surface area contributed by atoms with Crippen LogP contribution in [-0.4, -0.2) is 20.7 Å². The number of hydrogen-bond donors (Lipinski definition) is 1. The van der Waals surface area contributed by atoms with E-state index in [0.29, 0.717) is 10.6 Å². The van der Waals surface area contributed by atoms with Gasteiger partial charge < -0.3 is 5.32 Å². The Balaban J connectivity index is 2.73. The zero-order valence-electron chi connectivity index (χ0n) is 10.2. The number of hydrogen-bond acceptors (Lipinski definition) is 3. The average Bonchev–Trinajstić information content (AvgIpc) is 2.27. The Hall–Kier alpha value is -0.290. The third-order valence-electron chi connectivity index (χ3n) is 3.19. The molecular weight excluding hydrogens is 293 g/mol. The van der Waals surface area contributed by atoms with E-state index in [4.69, 9.17) is 23.2 Å². The largest absolute Gasteiger partial charge is 0.310 e. The maximum absolute atomic E-state index is 12.2. The molecule has 100 valence electrons. The molecule has 6 heteroatoms. The van der Waals surface area contributed by atoms with Gasteiger partial charge in [-0.15, -0.1) is 0 Å². The third-order valence-corrected chi connectivity index (χ3v) is 5.98. The SMILES string of the molecule is CCNC1c2c(Cl)ccc(Cl)c2S(=O)(=O)CC1C. The first kappa shape index (κ1) is 14.1. The average molecular weight is 308 g/mol. The molecule has 1 aromatic rings. The van der Waals surface area contributed by atoms with Crippen molar-refractivity contribution in [1.82, 2.24) is 5.32 Å². The summed E-state index contributed by atoms with van der Waals surface area (Å²) in [6.07, 6.45) is 0. The van der Waals surface area contributed by atoms with Gasteiger partial charge in [-0.25, -0.2) is 8.42 Å². The van der Waals surface area contributed by atoms with Crippen LogP contribution in [0.2, 0.25) is 10.0 Å². The molecule has 0 saturated heterocycles. The Morgan fingerprint density at radius 3 is 2.56 bits per heavy atom. The third kappa shape index (κ3) is 2.27. The second-order valence-electron chi connectivity index (χ2n) is 4.57. The van der Waals surface area contributed by atoms with E-state index in [1.807, 2.05) is 13.8 Å². The summed E-state index contributed by atoms with van der Waals surface area (Å²) < 4.78 is 24.5. The molecule has 2 atom stereocenters. The maximum Gasteiger partial charge on any atom is 0.180 e. The molecule has 0 radical (unpaired) electrons. The maximum atomic E-state index is 12.2. The molecular formula is C12H15Cl2NO2S. The van der Waals surface area contributed by atoms with Gasteiger partial charge in [-0.1, -0.05) is 37.0 Å². The van der Waals surface area contributed by atoms with Crippen LogP contribution in [0.1, 0.15) is 25.5 Å². The fraction of sp³-hybridized carbons (Fsp3) is 0.500. The molecule has 1 heterocycles. The molecule has 1 N–H and O–H groups in total. The second kappa shape index (κ2) is 5.00. The molecule has 0 aliphatic carbocycles. The highest BCUT2D eigenvalue weighted by Crippen LogP contribution is 2.43. The lowest BCUT2D eigenvalue weighted by Crippen LogP contribution is -2.36. The van der Waals surface area contributed by atoms with Crippen molar-refractivity contribution in [2.75, 3.05) is 12.3 Å². The van der Waals surface area contributed by atoms with Crippen molar-refractivity contribution in [1.29, 1.82) is 0 Å². The Kier molecular flexibility index (Phi) is 3.93. The lowest BCUT2D eigenvalue weighted by atomic mass is 9.95. The number of halogens is 2. The van der Waals surface area contributed by atoms with E-state index in [2.05, 4.69) is 5.32 Å². The van der Waals surface area contributed by atoms with E-state index >= 15 is 0 Å². The number of fused-ring (bicyclic) bond motifs is 1. The first-order valence-electron chi connectivity index (χ1n) is 5.82. The summed E-state index contributed by atoms with van der Waals surface area (Å²) in [6, 6.07) is 3.12. The minimum Gasteiger partial charge on any atom is -0.310 e. The van der Waals surface area contributed by atoms with Gasteiger partial charge in [-0.05, 0) is 24.6 Å². The van der Waals surface area contributed by atoms with Crippen LogP contribution in [0.4, 0.5) is 0 Å². The van der Waals surface area contributed by atoms with Crippen molar-refractivity contribution in [3.63, 3.8) is 0 Å². The summed E-state index contributed by atoms with van der Waals surface area (Å²) >= 11 is 12.2. The Labute approximate surface area is 117 Å². The zero-order valence-corrected chi connectivity index (χ0v) is 12.5. The minimum atomic E-state index is -3.35. The number of nitrogens with one attached hydrogen (secondary N) is 1. The molecule has 0 amide bonds. The van der Waals surface area contributed by atoms with Gasteiger partial charge in [0.1, 0.15) is 0 Å². The Morgan fingerprint density at radius 2 is 1.94 bits per heavy atom. The highest BCUT2D eigenvalue weighted by Gasteiger charge is 2.38. The van der Waals surface area contributed by atoms with Gasteiger partial charge >= 0.3 is 0 Å². The van der Waals surface area contributed by atoms with Crippen LogP contribution in [0.25, 0.3) is 0 Å². The first-order valence-corrected chi connectivity index (χ1v) is 8.23. The van der Waals surface area contributed by atoms with Crippen LogP contribution in [0.5, 0.6) is 0 Å². The second-order valence-corrected chi connectivity index (χ2v) is 7.35. The van der Waals surface area contributed by atoms with E-state index < -0.39 is 9.84 Å². The zero-order chi connectivity index (χ0) is 13.5. The predicted octanol–water partition coefficient (Wildman–Crippen LogP) is 3.07. The van der Waals surface area contributed by atoms with Crippen molar-refractivity contribution in [3.8, 4) is 0 Å². The summed E-state index contributed by atoms with van der Waals surface area (Å²) in [5, 5.41) is 4.00. The fourth-order valence-corrected chi connectivity index (χ4v) is 5.33. The topological polar surface area (TPSA) is 46.2 Å². The number of benzene rings is 1. The summed E-state index contributed by atoms with van der Waals surface area (Å²) in [7, 11) is -3.35.